The summed E-state index contributed by atoms with van der Waals surface area (Å²) in [6.45, 7) is 3.23. The van der Waals surface area contributed by atoms with E-state index in [-0.39, 0.29) is 29.8 Å². The van der Waals surface area contributed by atoms with Gasteiger partial charge >= 0.3 is 0 Å². The molecule has 3 aromatic heterocycles. The van der Waals surface area contributed by atoms with E-state index < -0.39 is 0 Å². The first kappa shape index (κ1) is 22.7. The molecule has 7 nitrogen and oxygen atoms in total. The van der Waals surface area contributed by atoms with E-state index in [0.717, 1.165) is 40.1 Å². The lowest BCUT2D eigenvalue weighted by Crippen LogP contribution is -2.37. The van der Waals surface area contributed by atoms with E-state index in [1.54, 1.807) is 25.4 Å². The van der Waals surface area contributed by atoms with Crippen LogP contribution in [0.3, 0.4) is 0 Å². The van der Waals surface area contributed by atoms with Gasteiger partial charge < -0.3 is 15.6 Å². The Morgan fingerprint density at radius 3 is 2.77 bits per heavy atom. The molecule has 3 N–H and O–H groups in total. The molecule has 0 aliphatic rings. The molecule has 0 atom stereocenters. The van der Waals surface area contributed by atoms with E-state index in [9.17, 15) is 4.39 Å². The second-order valence-corrected chi connectivity index (χ2v) is 6.98. The fraction of sp³-hybridized carbons (Fsp3) is 0.227. The lowest BCUT2D eigenvalue weighted by molar-refractivity contribution is 0.629. The Hall–Kier alpha value is -2.95. The third-order valence-corrected chi connectivity index (χ3v) is 4.98. The predicted octanol–water partition coefficient (Wildman–Crippen LogP) is 3.72. The molecule has 4 rings (SSSR count). The largest absolute Gasteiger partial charge is 0.361 e. The zero-order valence-electron chi connectivity index (χ0n) is 17.4. The van der Waals surface area contributed by atoms with Gasteiger partial charge in [-0.3, -0.25) is 9.56 Å². The molecular formula is C22H25FIN7. The van der Waals surface area contributed by atoms with Crippen LogP contribution in [0.2, 0.25) is 0 Å². The molecule has 0 fully saturated rings. The molecule has 0 saturated heterocycles. The van der Waals surface area contributed by atoms with Gasteiger partial charge in [0.25, 0.3) is 0 Å². The molecule has 0 aliphatic heterocycles. The van der Waals surface area contributed by atoms with E-state index in [4.69, 9.17) is 0 Å². The highest BCUT2D eigenvalue weighted by atomic mass is 127. The fourth-order valence-corrected chi connectivity index (χ4v) is 3.36. The van der Waals surface area contributed by atoms with Crippen molar-refractivity contribution in [1.29, 1.82) is 0 Å². The molecular weight excluding hydrogens is 508 g/mol. The Morgan fingerprint density at radius 1 is 1.19 bits per heavy atom. The van der Waals surface area contributed by atoms with Crippen molar-refractivity contribution in [3.63, 3.8) is 0 Å². The first-order valence-corrected chi connectivity index (χ1v) is 9.79. The highest BCUT2D eigenvalue weighted by Gasteiger charge is 2.06. The van der Waals surface area contributed by atoms with Gasteiger partial charge in [0.1, 0.15) is 17.5 Å². The lowest BCUT2D eigenvalue weighted by atomic mass is 10.1. The summed E-state index contributed by atoms with van der Waals surface area (Å²) in [5, 5.41) is 7.50. The van der Waals surface area contributed by atoms with Gasteiger partial charge in [0.15, 0.2) is 5.96 Å². The summed E-state index contributed by atoms with van der Waals surface area (Å²) in [5.41, 5.74) is 3.06. The maximum atomic E-state index is 13.5. The number of hydrogen-bond donors (Lipinski definition) is 3. The number of aryl methyl sites for hydroxylation is 1. The van der Waals surface area contributed by atoms with Crippen LogP contribution in [0.15, 0.2) is 60.1 Å². The number of fused-ring (bicyclic) bond motifs is 1. The van der Waals surface area contributed by atoms with Crippen LogP contribution in [0.1, 0.15) is 17.0 Å². The zero-order valence-corrected chi connectivity index (χ0v) is 19.7. The van der Waals surface area contributed by atoms with E-state index >= 15 is 0 Å². The third kappa shape index (κ3) is 5.40. The Morgan fingerprint density at radius 2 is 2.06 bits per heavy atom. The van der Waals surface area contributed by atoms with E-state index in [2.05, 4.69) is 30.6 Å². The summed E-state index contributed by atoms with van der Waals surface area (Å²) in [4.78, 5) is 16.2. The highest BCUT2D eigenvalue weighted by Crippen LogP contribution is 2.19. The van der Waals surface area contributed by atoms with Crippen LogP contribution in [-0.2, 0) is 13.0 Å². The molecule has 162 valence electrons. The Labute approximate surface area is 197 Å². The van der Waals surface area contributed by atoms with Crippen molar-refractivity contribution in [1.82, 2.24) is 30.2 Å². The van der Waals surface area contributed by atoms with Gasteiger partial charge in [-0.25, -0.2) is 14.4 Å². The fourth-order valence-electron chi connectivity index (χ4n) is 3.36. The number of hydrogen-bond acceptors (Lipinski definition) is 3. The second-order valence-electron chi connectivity index (χ2n) is 6.98. The molecule has 31 heavy (non-hydrogen) atoms. The van der Waals surface area contributed by atoms with Gasteiger partial charge in [0, 0.05) is 55.8 Å². The number of aromatic amines is 1. The van der Waals surface area contributed by atoms with Crippen molar-refractivity contribution in [2.24, 2.45) is 4.99 Å². The summed E-state index contributed by atoms with van der Waals surface area (Å²) >= 11 is 0. The summed E-state index contributed by atoms with van der Waals surface area (Å²) in [6, 6.07) is 8.79. The van der Waals surface area contributed by atoms with Crippen molar-refractivity contribution in [3.05, 3.63) is 77.9 Å². The molecule has 0 amide bonds. The van der Waals surface area contributed by atoms with Gasteiger partial charge in [-0.1, -0.05) is 6.07 Å². The molecule has 0 radical (unpaired) electrons. The number of imidazole rings is 1. The van der Waals surface area contributed by atoms with Crippen LogP contribution in [0.25, 0.3) is 16.7 Å². The van der Waals surface area contributed by atoms with Crippen LogP contribution in [0.4, 0.5) is 4.39 Å². The van der Waals surface area contributed by atoms with Crippen LogP contribution in [0, 0.1) is 12.7 Å². The molecule has 4 aromatic rings. The number of rotatable bonds is 6. The third-order valence-electron chi connectivity index (χ3n) is 4.98. The number of benzene rings is 1. The minimum absolute atomic E-state index is 0. The minimum Gasteiger partial charge on any atom is -0.361 e. The average molecular weight is 533 g/mol. The minimum atomic E-state index is -0.225. The SMILES string of the molecule is CN=C(NCCc1c[nH]c2ccc(F)cc12)NCc1ccc(-n2ccnc2C)nc1.I. The number of halogens is 2. The van der Waals surface area contributed by atoms with E-state index in [1.807, 2.05) is 42.2 Å². The summed E-state index contributed by atoms with van der Waals surface area (Å²) < 4.78 is 15.5. The van der Waals surface area contributed by atoms with Crippen LogP contribution < -0.4 is 10.6 Å². The molecule has 0 unspecified atom stereocenters. The number of nitrogens with zero attached hydrogens (tertiary/aromatic N) is 4. The molecule has 0 bridgehead atoms. The Balaban J connectivity index is 0.00000272. The van der Waals surface area contributed by atoms with Gasteiger partial charge in [0.2, 0.25) is 0 Å². The van der Waals surface area contributed by atoms with Gasteiger partial charge in [0.05, 0.1) is 0 Å². The number of aromatic nitrogens is 4. The van der Waals surface area contributed by atoms with E-state index in [0.29, 0.717) is 19.0 Å². The lowest BCUT2D eigenvalue weighted by Gasteiger charge is -2.12. The van der Waals surface area contributed by atoms with Gasteiger partial charge in [-0.05, 0) is 48.7 Å². The maximum Gasteiger partial charge on any atom is 0.191 e. The smallest absolute Gasteiger partial charge is 0.191 e. The number of pyridine rings is 1. The van der Waals surface area contributed by atoms with Gasteiger partial charge in [-0.15, -0.1) is 24.0 Å². The number of aliphatic imine (C=N–C) groups is 1. The van der Waals surface area contributed by atoms with Crippen LogP contribution in [-0.4, -0.2) is 39.1 Å². The average Bonchev–Trinajstić information content (AvgIpc) is 3.37. The van der Waals surface area contributed by atoms with Crippen molar-refractivity contribution in [3.8, 4) is 5.82 Å². The first-order valence-electron chi connectivity index (χ1n) is 9.79. The summed E-state index contributed by atoms with van der Waals surface area (Å²) in [7, 11) is 1.74. The highest BCUT2D eigenvalue weighted by molar-refractivity contribution is 14.0. The summed E-state index contributed by atoms with van der Waals surface area (Å²) in [5.74, 6) is 2.22. The predicted molar refractivity (Wildman–Crippen MR) is 132 cm³/mol. The standard InChI is InChI=1S/C22H24FN7.HI/c1-15-25-9-10-30(15)21-6-3-16(12-28-21)13-29-22(24-2)26-8-7-17-14-27-20-5-4-18(23)11-19(17)20;/h3-6,9-12,14,27H,7-8,13H2,1-2H3,(H2,24,26,29);1H. The molecule has 0 saturated carbocycles. The number of nitrogens with one attached hydrogen (secondary N) is 3. The summed E-state index contributed by atoms with van der Waals surface area (Å²) in [6.07, 6.45) is 8.18. The van der Waals surface area contributed by atoms with Crippen molar-refractivity contribution in [2.75, 3.05) is 13.6 Å². The van der Waals surface area contributed by atoms with Crippen LogP contribution in [0.5, 0.6) is 0 Å². The van der Waals surface area contributed by atoms with Crippen LogP contribution >= 0.6 is 24.0 Å². The topological polar surface area (TPSA) is 82.9 Å². The van der Waals surface area contributed by atoms with Crippen molar-refractivity contribution in [2.45, 2.75) is 19.9 Å². The molecule has 0 aliphatic carbocycles. The normalized spacial score (nSPS) is 11.4. The first-order chi connectivity index (χ1) is 14.6. The maximum absolute atomic E-state index is 13.5. The quantitative estimate of drug-likeness (QED) is 0.201. The molecule has 1 aromatic carbocycles. The number of guanidine groups is 1. The zero-order chi connectivity index (χ0) is 20.9. The Kier molecular flexibility index (Phi) is 7.61. The van der Waals surface area contributed by atoms with E-state index in [1.165, 1.54) is 6.07 Å². The van der Waals surface area contributed by atoms with Gasteiger partial charge in [-0.2, -0.15) is 0 Å². The van der Waals surface area contributed by atoms with Crippen molar-refractivity contribution >= 4 is 40.8 Å². The molecule has 0 spiro atoms. The molecule has 3 heterocycles. The van der Waals surface area contributed by atoms with Crippen molar-refractivity contribution < 1.29 is 4.39 Å². The second kappa shape index (κ2) is 10.4. The number of H-pyrrole nitrogens is 1. The Bertz CT molecular complexity index is 1160. The molecule has 9 heteroatoms. The monoisotopic (exact) mass is 533 g/mol.